The molecule has 6 nitrogen and oxygen atoms in total. The first kappa shape index (κ1) is 22.4. The number of halogens is 1. The van der Waals surface area contributed by atoms with E-state index in [0.29, 0.717) is 31.1 Å². The summed E-state index contributed by atoms with van der Waals surface area (Å²) in [6, 6.07) is 9.93. The summed E-state index contributed by atoms with van der Waals surface area (Å²) in [5, 5.41) is 0. The van der Waals surface area contributed by atoms with Crippen LogP contribution >= 0.6 is 11.3 Å². The Morgan fingerprint density at radius 3 is 2.29 bits per heavy atom. The molecule has 1 saturated heterocycles. The van der Waals surface area contributed by atoms with E-state index in [9.17, 15) is 17.6 Å². The molecule has 1 saturated carbocycles. The van der Waals surface area contributed by atoms with Crippen LogP contribution in [0.4, 0.5) is 4.39 Å². The Labute approximate surface area is 187 Å². The van der Waals surface area contributed by atoms with Gasteiger partial charge in [0.1, 0.15) is 5.82 Å². The minimum absolute atomic E-state index is 0.0782. The molecule has 0 radical (unpaired) electrons. The summed E-state index contributed by atoms with van der Waals surface area (Å²) in [5.74, 6) is -0.380. The predicted molar refractivity (Wildman–Crippen MR) is 121 cm³/mol. The average Bonchev–Trinajstić information content (AvgIpc) is 3.29. The van der Waals surface area contributed by atoms with Crippen LogP contribution in [-0.4, -0.2) is 67.1 Å². The van der Waals surface area contributed by atoms with Gasteiger partial charge in [-0.15, -0.1) is 11.3 Å². The van der Waals surface area contributed by atoms with E-state index in [1.54, 1.807) is 30.1 Å². The number of hydrogen-bond acceptors (Lipinski definition) is 4. The number of amides is 1. The molecule has 1 aliphatic heterocycles. The minimum Gasteiger partial charge on any atom is -0.335 e. The first-order valence-corrected chi connectivity index (χ1v) is 13.0. The number of carbonyl (C=O) groups is 1. The van der Waals surface area contributed by atoms with Crippen LogP contribution < -0.4 is 0 Å². The van der Waals surface area contributed by atoms with E-state index in [0.717, 1.165) is 36.1 Å². The van der Waals surface area contributed by atoms with Crippen molar-refractivity contribution in [1.82, 2.24) is 13.5 Å². The van der Waals surface area contributed by atoms with Gasteiger partial charge in [-0.2, -0.15) is 17.0 Å². The summed E-state index contributed by atoms with van der Waals surface area (Å²) < 4.78 is 42.3. The topological polar surface area (TPSA) is 60.9 Å². The van der Waals surface area contributed by atoms with Crippen molar-refractivity contribution in [3.05, 3.63) is 47.1 Å². The maximum atomic E-state index is 13.1. The van der Waals surface area contributed by atoms with Crippen LogP contribution in [0, 0.1) is 5.82 Å². The second-order valence-corrected chi connectivity index (χ2v) is 11.2. The van der Waals surface area contributed by atoms with Crippen molar-refractivity contribution >= 4 is 27.5 Å². The maximum Gasteiger partial charge on any atom is 0.282 e. The third-order valence-electron chi connectivity index (χ3n) is 6.25. The number of benzene rings is 1. The highest BCUT2D eigenvalue weighted by Gasteiger charge is 2.35. The number of thiophene rings is 1. The van der Waals surface area contributed by atoms with Gasteiger partial charge < -0.3 is 4.90 Å². The zero-order chi connectivity index (χ0) is 22.0. The molecule has 2 aromatic rings. The normalized spacial score (nSPS) is 19.1. The molecule has 0 bridgehead atoms. The fourth-order valence-electron chi connectivity index (χ4n) is 4.32. The summed E-state index contributed by atoms with van der Waals surface area (Å²) in [6.07, 6.45) is 5.17. The van der Waals surface area contributed by atoms with Crippen LogP contribution in [0.3, 0.4) is 0 Å². The highest BCUT2D eigenvalue weighted by atomic mass is 32.2. The van der Waals surface area contributed by atoms with Crippen molar-refractivity contribution in [2.45, 2.75) is 38.1 Å². The van der Waals surface area contributed by atoms with E-state index in [2.05, 4.69) is 0 Å². The summed E-state index contributed by atoms with van der Waals surface area (Å²) in [5.41, 5.74) is 0.868. The molecule has 0 spiro atoms. The average molecular weight is 466 g/mol. The molecule has 1 aromatic carbocycles. The van der Waals surface area contributed by atoms with E-state index < -0.39 is 10.2 Å². The molecule has 2 fully saturated rings. The molecule has 31 heavy (non-hydrogen) atoms. The molecular formula is C22H28FN3O3S2. The fourth-order valence-corrected chi connectivity index (χ4v) is 6.87. The largest absolute Gasteiger partial charge is 0.335 e. The van der Waals surface area contributed by atoms with Gasteiger partial charge in [-0.25, -0.2) is 4.39 Å². The summed E-state index contributed by atoms with van der Waals surface area (Å²) in [7, 11) is -1.82. The molecule has 9 heteroatoms. The zero-order valence-corrected chi connectivity index (χ0v) is 19.3. The molecule has 0 atom stereocenters. The molecular weight excluding hydrogens is 437 g/mol. The van der Waals surface area contributed by atoms with Gasteiger partial charge in [0, 0.05) is 44.1 Å². The minimum atomic E-state index is -3.51. The molecule has 168 valence electrons. The van der Waals surface area contributed by atoms with Gasteiger partial charge in [0.05, 0.1) is 4.88 Å². The van der Waals surface area contributed by atoms with E-state index in [1.165, 1.54) is 38.5 Å². The number of nitrogens with zero attached hydrogens (tertiary/aromatic N) is 3. The van der Waals surface area contributed by atoms with Crippen molar-refractivity contribution < 1.29 is 17.6 Å². The van der Waals surface area contributed by atoms with Gasteiger partial charge in [-0.3, -0.25) is 4.79 Å². The standard InChI is InChI=1S/C22H28FN3O3S2/c1-24(19-5-3-2-4-6-19)31(28,29)26-15-13-25(14-16-26)22(27)21-12-11-20(30-21)17-7-9-18(23)10-8-17/h7-12,19H,2-6,13-16H2,1H3. The first-order chi connectivity index (χ1) is 14.9. The Hall–Kier alpha value is -1.81. The third-order valence-corrected chi connectivity index (χ3v) is 9.42. The second kappa shape index (κ2) is 9.36. The van der Waals surface area contributed by atoms with E-state index in [4.69, 9.17) is 0 Å². The van der Waals surface area contributed by atoms with Crippen molar-refractivity contribution in [2.24, 2.45) is 0 Å². The molecule has 0 N–H and O–H groups in total. The van der Waals surface area contributed by atoms with Gasteiger partial charge in [0.2, 0.25) is 0 Å². The monoisotopic (exact) mass is 465 g/mol. The predicted octanol–water partition coefficient (Wildman–Crippen LogP) is 3.82. The molecule has 2 aliphatic rings. The van der Waals surface area contributed by atoms with Gasteiger partial charge in [-0.1, -0.05) is 31.4 Å². The Bertz CT molecular complexity index is 1010. The quantitative estimate of drug-likeness (QED) is 0.675. The van der Waals surface area contributed by atoms with Crippen molar-refractivity contribution in [2.75, 3.05) is 33.2 Å². The zero-order valence-electron chi connectivity index (χ0n) is 17.7. The highest BCUT2D eigenvalue weighted by molar-refractivity contribution is 7.86. The van der Waals surface area contributed by atoms with Crippen LogP contribution in [-0.2, 0) is 10.2 Å². The maximum absolute atomic E-state index is 13.1. The van der Waals surface area contributed by atoms with Crippen LogP contribution in [0.25, 0.3) is 10.4 Å². The van der Waals surface area contributed by atoms with E-state index in [-0.39, 0.29) is 17.8 Å². The van der Waals surface area contributed by atoms with Crippen molar-refractivity contribution in [3.8, 4) is 10.4 Å². The van der Waals surface area contributed by atoms with Crippen molar-refractivity contribution in [1.29, 1.82) is 0 Å². The van der Waals surface area contributed by atoms with Crippen LogP contribution in [0.2, 0.25) is 0 Å². The van der Waals surface area contributed by atoms with Gasteiger partial charge in [-0.05, 0) is 42.7 Å². The summed E-state index contributed by atoms with van der Waals surface area (Å²) in [4.78, 5) is 16.2. The van der Waals surface area contributed by atoms with Gasteiger partial charge in [0.25, 0.3) is 16.1 Å². The molecule has 2 heterocycles. The molecule has 4 rings (SSSR count). The Morgan fingerprint density at radius 2 is 1.65 bits per heavy atom. The smallest absolute Gasteiger partial charge is 0.282 e. The molecule has 0 unspecified atom stereocenters. The van der Waals surface area contributed by atoms with Crippen molar-refractivity contribution in [3.63, 3.8) is 0 Å². The lowest BCUT2D eigenvalue weighted by molar-refractivity contribution is 0.0697. The third kappa shape index (κ3) is 4.84. The Balaban J connectivity index is 1.37. The number of carbonyl (C=O) groups excluding carboxylic acids is 1. The summed E-state index contributed by atoms with van der Waals surface area (Å²) >= 11 is 1.37. The van der Waals surface area contributed by atoms with Crippen LogP contribution in [0.15, 0.2) is 36.4 Å². The SMILES string of the molecule is CN(C1CCCCC1)S(=O)(=O)N1CCN(C(=O)c2ccc(-c3ccc(F)cc3)s2)CC1. The van der Waals surface area contributed by atoms with Gasteiger partial charge in [0.15, 0.2) is 0 Å². The fraction of sp³-hybridized carbons (Fsp3) is 0.500. The first-order valence-electron chi connectivity index (χ1n) is 10.7. The van der Waals surface area contributed by atoms with Crippen LogP contribution in [0.5, 0.6) is 0 Å². The van der Waals surface area contributed by atoms with E-state index >= 15 is 0 Å². The second-order valence-electron chi connectivity index (χ2n) is 8.18. The lowest BCUT2D eigenvalue weighted by Crippen LogP contribution is -2.55. The number of piperazine rings is 1. The summed E-state index contributed by atoms with van der Waals surface area (Å²) in [6.45, 7) is 1.36. The van der Waals surface area contributed by atoms with Crippen LogP contribution in [0.1, 0.15) is 41.8 Å². The lowest BCUT2D eigenvalue weighted by atomic mass is 9.96. The Morgan fingerprint density at radius 1 is 1.00 bits per heavy atom. The van der Waals surface area contributed by atoms with E-state index in [1.807, 2.05) is 6.07 Å². The molecule has 1 amide bonds. The van der Waals surface area contributed by atoms with Gasteiger partial charge >= 0.3 is 0 Å². The molecule has 1 aliphatic carbocycles. The number of rotatable bonds is 5. The number of hydrogen-bond donors (Lipinski definition) is 0. The molecule has 1 aromatic heterocycles. The Kier molecular flexibility index (Phi) is 6.76. The lowest BCUT2D eigenvalue weighted by Gasteiger charge is -2.38. The highest BCUT2D eigenvalue weighted by Crippen LogP contribution is 2.30.